The molecule has 3 rings (SSSR count). The van der Waals surface area contributed by atoms with Gasteiger partial charge in [0.2, 0.25) is 12.3 Å². The lowest BCUT2D eigenvalue weighted by Gasteiger charge is -2.05. The average Bonchev–Trinajstić information content (AvgIpc) is 2.61. The molecule has 24 heavy (non-hydrogen) atoms. The Balaban J connectivity index is 2.03. The van der Waals surface area contributed by atoms with Crippen LogP contribution in [-0.2, 0) is 6.54 Å². The van der Waals surface area contributed by atoms with Gasteiger partial charge in [-0.05, 0) is 6.07 Å². The number of hydrogen-bond acceptors (Lipinski definition) is 4. The SMILES string of the molecule is COc1ccc([N+](=O)[O-])c2c[n+](CC(=O)c3ccccc3)ccc12. The number of Topliss-reactive ketones (excluding diaryl/α,β-unsaturated/α-hetero) is 1. The van der Waals surface area contributed by atoms with Crippen LogP contribution in [0.2, 0.25) is 0 Å². The summed E-state index contributed by atoms with van der Waals surface area (Å²) in [6.45, 7) is 0.105. The number of hydrogen-bond donors (Lipinski definition) is 0. The van der Waals surface area contributed by atoms with Crippen LogP contribution in [0.15, 0.2) is 60.9 Å². The normalized spacial score (nSPS) is 10.5. The summed E-state index contributed by atoms with van der Waals surface area (Å²) in [5.74, 6) is 0.489. The summed E-state index contributed by atoms with van der Waals surface area (Å²) in [5, 5.41) is 12.3. The number of carbonyl (C=O) groups is 1. The molecule has 6 heteroatoms. The minimum absolute atomic E-state index is 0.0210. The fraction of sp³-hybridized carbons (Fsp3) is 0.111. The van der Waals surface area contributed by atoms with Crippen LogP contribution < -0.4 is 9.30 Å². The van der Waals surface area contributed by atoms with Crippen LogP contribution in [0.25, 0.3) is 10.8 Å². The molecule has 0 aliphatic rings. The van der Waals surface area contributed by atoms with E-state index in [1.807, 2.05) is 6.07 Å². The van der Waals surface area contributed by atoms with Gasteiger partial charge in [-0.2, -0.15) is 4.57 Å². The minimum Gasteiger partial charge on any atom is -0.496 e. The van der Waals surface area contributed by atoms with Gasteiger partial charge in [0.1, 0.15) is 11.1 Å². The van der Waals surface area contributed by atoms with Crippen LogP contribution in [0.4, 0.5) is 5.69 Å². The van der Waals surface area contributed by atoms with Crippen molar-refractivity contribution in [1.29, 1.82) is 0 Å². The van der Waals surface area contributed by atoms with Gasteiger partial charge < -0.3 is 4.74 Å². The maximum absolute atomic E-state index is 12.3. The summed E-state index contributed by atoms with van der Waals surface area (Å²) in [6.07, 6.45) is 3.33. The molecule has 2 aromatic carbocycles. The number of ether oxygens (including phenoxy) is 1. The molecule has 0 atom stereocenters. The molecule has 120 valence electrons. The Labute approximate surface area is 138 Å². The van der Waals surface area contributed by atoms with Crippen molar-refractivity contribution >= 4 is 22.2 Å². The molecular formula is C18H15N2O4+. The molecule has 0 unspecified atom stereocenters. The molecule has 6 nitrogen and oxygen atoms in total. The second-order valence-corrected chi connectivity index (χ2v) is 5.28. The number of aromatic nitrogens is 1. The van der Waals surface area contributed by atoms with Gasteiger partial charge in [-0.1, -0.05) is 30.3 Å². The Hall–Kier alpha value is -3.28. The van der Waals surface area contributed by atoms with E-state index in [-0.39, 0.29) is 18.0 Å². The predicted octanol–water partition coefficient (Wildman–Crippen LogP) is 2.93. The predicted molar refractivity (Wildman–Crippen MR) is 88.1 cm³/mol. The van der Waals surface area contributed by atoms with Crippen molar-refractivity contribution < 1.29 is 19.0 Å². The largest absolute Gasteiger partial charge is 0.496 e. The maximum Gasteiger partial charge on any atom is 0.283 e. The van der Waals surface area contributed by atoms with Crippen LogP contribution in [0, 0.1) is 10.1 Å². The molecule has 0 aliphatic heterocycles. The number of nitro groups is 1. The van der Waals surface area contributed by atoms with Crippen LogP contribution in [0.3, 0.4) is 0 Å². The van der Waals surface area contributed by atoms with Crippen LogP contribution in [-0.4, -0.2) is 17.8 Å². The maximum atomic E-state index is 12.3. The first-order valence-electron chi connectivity index (χ1n) is 7.32. The number of pyridine rings is 1. The van der Waals surface area contributed by atoms with E-state index in [1.54, 1.807) is 53.4 Å². The zero-order valence-electron chi connectivity index (χ0n) is 13.0. The summed E-state index contributed by atoms with van der Waals surface area (Å²) >= 11 is 0. The molecule has 1 heterocycles. The second-order valence-electron chi connectivity index (χ2n) is 5.28. The van der Waals surface area contributed by atoms with Crippen molar-refractivity contribution in [1.82, 2.24) is 0 Å². The van der Waals surface area contributed by atoms with E-state index >= 15 is 0 Å². The van der Waals surface area contributed by atoms with Crippen molar-refractivity contribution in [3.05, 3.63) is 76.6 Å². The van der Waals surface area contributed by atoms with Crippen LogP contribution in [0.5, 0.6) is 5.75 Å². The van der Waals surface area contributed by atoms with E-state index in [0.717, 1.165) is 0 Å². The first-order chi connectivity index (χ1) is 11.6. The average molecular weight is 323 g/mol. The first-order valence-corrected chi connectivity index (χ1v) is 7.32. The summed E-state index contributed by atoms with van der Waals surface area (Å²) in [4.78, 5) is 23.1. The van der Waals surface area contributed by atoms with Crippen molar-refractivity contribution in [2.45, 2.75) is 6.54 Å². The molecule has 0 N–H and O–H groups in total. The first kappa shape index (κ1) is 15.6. The van der Waals surface area contributed by atoms with Crippen molar-refractivity contribution in [2.75, 3.05) is 7.11 Å². The van der Waals surface area contributed by atoms with E-state index in [2.05, 4.69) is 0 Å². The number of ketones is 1. The van der Waals surface area contributed by atoms with Crippen LogP contribution >= 0.6 is 0 Å². The Morgan fingerprint density at radius 3 is 2.54 bits per heavy atom. The Bertz CT molecular complexity index is 923. The molecule has 0 spiro atoms. The van der Waals surface area contributed by atoms with E-state index in [4.69, 9.17) is 4.74 Å². The standard InChI is InChI=1S/C18H15N2O4/c1-24-18-8-7-16(20(22)23)15-11-19(10-9-14(15)18)12-17(21)13-5-3-2-4-6-13/h2-11H,12H2,1H3/q+1. The highest BCUT2D eigenvalue weighted by Crippen LogP contribution is 2.31. The third kappa shape index (κ3) is 2.94. The Morgan fingerprint density at radius 1 is 1.12 bits per heavy atom. The second kappa shape index (κ2) is 6.45. The molecule has 0 aliphatic carbocycles. The monoisotopic (exact) mass is 323 g/mol. The van der Waals surface area contributed by atoms with E-state index in [1.165, 1.54) is 13.2 Å². The fourth-order valence-corrected chi connectivity index (χ4v) is 2.61. The molecule has 1 aromatic heterocycles. The molecule has 0 saturated carbocycles. The lowest BCUT2D eigenvalue weighted by atomic mass is 10.1. The lowest BCUT2D eigenvalue weighted by molar-refractivity contribution is -0.681. The number of nitrogens with zero attached hydrogens (tertiary/aromatic N) is 2. The Kier molecular flexibility index (Phi) is 4.20. The third-order valence-electron chi connectivity index (χ3n) is 3.79. The highest BCUT2D eigenvalue weighted by Gasteiger charge is 2.20. The molecule has 0 amide bonds. The number of fused-ring (bicyclic) bond motifs is 1. The van der Waals surface area contributed by atoms with Gasteiger partial charge in [-0.25, -0.2) is 0 Å². The quantitative estimate of drug-likeness (QED) is 0.313. The highest BCUT2D eigenvalue weighted by atomic mass is 16.6. The molecule has 0 fully saturated rings. The van der Waals surface area contributed by atoms with E-state index in [9.17, 15) is 14.9 Å². The van der Waals surface area contributed by atoms with Gasteiger partial charge in [0.05, 0.1) is 12.0 Å². The van der Waals surface area contributed by atoms with Gasteiger partial charge >= 0.3 is 0 Å². The van der Waals surface area contributed by atoms with Gasteiger partial charge in [0.25, 0.3) is 5.69 Å². The Morgan fingerprint density at radius 2 is 1.88 bits per heavy atom. The van der Waals surface area contributed by atoms with Gasteiger partial charge in [-0.3, -0.25) is 14.9 Å². The fourth-order valence-electron chi connectivity index (χ4n) is 2.61. The number of benzene rings is 2. The van der Waals surface area contributed by atoms with E-state index < -0.39 is 4.92 Å². The van der Waals surface area contributed by atoms with Crippen molar-refractivity contribution in [3.8, 4) is 5.75 Å². The zero-order valence-corrected chi connectivity index (χ0v) is 13.0. The molecule has 3 aromatic rings. The molecule has 0 radical (unpaired) electrons. The number of methoxy groups -OCH3 is 1. The van der Waals surface area contributed by atoms with Crippen LogP contribution in [0.1, 0.15) is 10.4 Å². The van der Waals surface area contributed by atoms with Gasteiger partial charge in [0, 0.05) is 23.1 Å². The van der Waals surface area contributed by atoms with Gasteiger partial charge in [-0.15, -0.1) is 0 Å². The molecule has 0 saturated heterocycles. The van der Waals surface area contributed by atoms with Gasteiger partial charge in [0.15, 0.2) is 12.4 Å². The number of rotatable bonds is 5. The molecule has 0 bridgehead atoms. The lowest BCUT2D eigenvalue weighted by Crippen LogP contribution is -2.37. The molecular weight excluding hydrogens is 308 g/mol. The number of carbonyl (C=O) groups excluding carboxylic acids is 1. The highest BCUT2D eigenvalue weighted by molar-refractivity contribution is 5.96. The van der Waals surface area contributed by atoms with Crippen molar-refractivity contribution in [2.24, 2.45) is 0 Å². The summed E-state index contributed by atoms with van der Waals surface area (Å²) in [6, 6.07) is 13.6. The summed E-state index contributed by atoms with van der Waals surface area (Å²) < 4.78 is 6.90. The minimum atomic E-state index is -0.439. The topological polar surface area (TPSA) is 73.3 Å². The number of nitro benzene ring substituents is 1. The zero-order chi connectivity index (χ0) is 17.1. The summed E-state index contributed by atoms with van der Waals surface area (Å²) in [7, 11) is 1.51. The summed E-state index contributed by atoms with van der Waals surface area (Å²) in [5.41, 5.74) is 0.581. The number of non-ortho nitro benzene ring substituents is 1. The van der Waals surface area contributed by atoms with E-state index in [0.29, 0.717) is 22.1 Å². The smallest absolute Gasteiger partial charge is 0.283 e. The third-order valence-corrected chi connectivity index (χ3v) is 3.79. The van der Waals surface area contributed by atoms with Crippen molar-refractivity contribution in [3.63, 3.8) is 0 Å².